The van der Waals surface area contributed by atoms with Crippen LogP contribution >= 0.6 is 0 Å². The molecule has 0 spiro atoms. The van der Waals surface area contributed by atoms with E-state index in [0.29, 0.717) is 13.1 Å². The Bertz CT molecular complexity index is 1110. The molecule has 4 rings (SSSR count). The third kappa shape index (κ3) is 6.82. The highest BCUT2D eigenvalue weighted by atomic mass is 16.2. The number of nitrogens with zero attached hydrogens (tertiary/aromatic N) is 4. The summed E-state index contributed by atoms with van der Waals surface area (Å²) in [6.45, 7) is 10.5. The average molecular weight is 483 g/mol. The monoisotopic (exact) mass is 482 g/mol. The molecule has 1 aliphatic rings. The van der Waals surface area contributed by atoms with Gasteiger partial charge in [0.05, 0.1) is 5.69 Å². The summed E-state index contributed by atoms with van der Waals surface area (Å²) >= 11 is 0. The maximum Gasteiger partial charge on any atom is 0.253 e. The molecule has 0 unspecified atom stereocenters. The Morgan fingerprint density at radius 2 is 1.42 bits per heavy atom. The zero-order chi connectivity index (χ0) is 25.2. The van der Waals surface area contributed by atoms with E-state index in [1.807, 2.05) is 61.2 Å². The molecule has 3 aromatic rings. The van der Waals surface area contributed by atoms with Crippen LogP contribution in [0.15, 0.2) is 89.9 Å². The van der Waals surface area contributed by atoms with Gasteiger partial charge in [-0.2, -0.15) is 0 Å². The second kappa shape index (κ2) is 13.0. The molecule has 5 heteroatoms. The third-order valence-electron chi connectivity index (χ3n) is 6.88. The summed E-state index contributed by atoms with van der Waals surface area (Å²) in [5.41, 5.74) is 4.11. The Balaban J connectivity index is 1.51. The number of benzene rings is 3. The summed E-state index contributed by atoms with van der Waals surface area (Å²) < 4.78 is 0. The fourth-order valence-electron chi connectivity index (χ4n) is 4.74. The third-order valence-corrected chi connectivity index (χ3v) is 6.88. The minimum Gasteiger partial charge on any atom is -0.355 e. The van der Waals surface area contributed by atoms with Gasteiger partial charge in [-0.15, -0.1) is 0 Å². The van der Waals surface area contributed by atoms with E-state index in [-0.39, 0.29) is 5.91 Å². The molecule has 1 saturated heterocycles. The summed E-state index contributed by atoms with van der Waals surface area (Å²) in [6, 6.07) is 28.9. The van der Waals surface area contributed by atoms with Gasteiger partial charge in [-0.3, -0.25) is 4.79 Å². The summed E-state index contributed by atoms with van der Waals surface area (Å²) in [5.74, 6) is 1.06. The standard InChI is InChI=1S/C31H38N4O/c1-3-34(4-2)31(36)28-18-16-27(17-19-28)30(32-29-14-9-6-10-15-29)35-22-11-21-33(24-25-35)23-20-26-12-7-5-8-13-26/h5-10,12-19H,3-4,11,20-25H2,1-2H3. The molecule has 3 aromatic carbocycles. The van der Waals surface area contributed by atoms with Gasteiger partial charge in [0.2, 0.25) is 0 Å². The van der Waals surface area contributed by atoms with Crippen LogP contribution in [0, 0.1) is 0 Å². The van der Waals surface area contributed by atoms with Crippen LogP contribution in [0.4, 0.5) is 5.69 Å². The molecule has 1 amide bonds. The van der Waals surface area contributed by atoms with E-state index in [9.17, 15) is 4.79 Å². The van der Waals surface area contributed by atoms with Crippen molar-refractivity contribution in [2.24, 2.45) is 4.99 Å². The Morgan fingerprint density at radius 1 is 0.778 bits per heavy atom. The lowest BCUT2D eigenvalue weighted by Crippen LogP contribution is -2.36. The minimum atomic E-state index is 0.0805. The van der Waals surface area contributed by atoms with Gasteiger partial charge in [0.1, 0.15) is 5.84 Å². The summed E-state index contributed by atoms with van der Waals surface area (Å²) in [5, 5.41) is 0. The minimum absolute atomic E-state index is 0.0805. The lowest BCUT2D eigenvalue weighted by Gasteiger charge is -2.26. The summed E-state index contributed by atoms with van der Waals surface area (Å²) in [7, 11) is 0. The second-order valence-electron chi connectivity index (χ2n) is 9.24. The molecule has 1 heterocycles. The van der Waals surface area contributed by atoms with Crippen LogP contribution < -0.4 is 0 Å². The predicted octanol–water partition coefficient (Wildman–Crippen LogP) is 5.50. The van der Waals surface area contributed by atoms with E-state index in [1.54, 1.807) is 0 Å². The molecule has 0 aromatic heterocycles. The fourth-order valence-corrected chi connectivity index (χ4v) is 4.74. The molecule has 1 aliphatic heterocycles. The Hall–Kier alpha value is -3.44. The Morgan fingerprint density at radius 3 is 2.08 bits per heavy atom. The molecular formula is C31H38N4O. The van der Waals surface area contributed by atoms with Crippen molar-refractivity contribution >= 4 is 17.4 Å². The van der Waals surface area contributed by atoms with Gasteiger partial charge in [0, 0.05) is 50.4 Å². The van der Waals surface area contributed by atoms with Crippen molar-refractivity contribution < 1.29 is 4.79 Å². The van der Waals surface area contributed by atoms with Crippen LogP contribution in [0.25, 0.3) is 0 Å². The molecule has 5 nitrogen and oxygen atoms in total. The highest BCUT2D eigenvalue weighted by Gasteiger charge is 2.20. The highest BCUT2D eigenvalue weighted by Crippen LogP contribution is 2.18. The number of hydrogen-bond donors (Lipinski definition) is 0. The Kier molecular flexibility index (Phi) is 9.28. The van der Waals surface area contributed by atoms with E-state index < -0.39 is 0 Å². The van der Waals surface area contributed by atoms with Crippen LogP contribution in [-0.4, -0.2) is 72.3 Å². The van der Waals surface area contributed by atoms with Crippen molar-refractivity contribution in [3.8, 4) is 0 Å². The quantitative estimate of drug-likeness (QED) is 0.314. The SMILES string of the molecule is CCN(CC)C(=O)c1ccc(C(=Nc2ccccc2)N2CCCN(CCc3ccccc3)CC2)cc1. The Labute approximate surface area is 216 Å². The predicted molar refractivity (Wildman–Crippen MR) is 149 cm³/mol. The number of amidine groups is 1. The van der Waals surface area contributed by atoms with E-state index in [4.69, 9.17) is 4.99 Å². The number of hydrogen-bond acceptors (Lipinski definition) is 3. The van der Waals surface area contributed by atoms with Gasteiger partial charge in [0.25, 0.3) is 5.91 Å². The van der Waals surface area contributed by atoms with Gasteiger partial charge < -0.3 is 14.7 Å². The molecule has 1 fully saturated rings. The molecule has 36 heavy (non-hydrogen) atoms. The van der Waals surface area contributed by atoms with Gasteiger partial charge in [-0.05, 0) is 63.1 Å². The maximum absolute atomic E-state index is 12.8. The molecule has 0 N–H and O–H groups in total. The lowest BCUT2D eigenvalue weighted by atomic mass is 10.1. The molecule has 0 bridgehead atoms. The zero-order valence-electron chi connectivity index (χ0n) is 21.6. The summed E-state index contributed by atoms with van der Waals surface area (Å²) in [6.07, 6.45) is 2.18. The lowest BCUT2D eigenvalue weighted by molar-refractivity contribution is 0.0773. The topological polar surface area (TPSA) is 39.2 Å². The number of para-hydroxylation sites is 1. The fraction of sp³-hybridized carbons (Fsp3) is 0.355. The number of amides is 1. The van der Waals surface area contributed by atoms with Crippen molar-refractivity contribution in [1.29, 1.82) is 0 Å². The normalized spacial score (nSPS) is 14.9. The average Bonchev–Trinajstić information content (AvgIpc) is 3.18. The summed E-state index contributed by atoms with van der Waals surface area (Å²) in [4.78, 5) is 24.7. The van der Waals surface area contributed by atoms with Crippen molar-refractivity contribution in [1.82, 2.24) is 14.7 Å². The van der Waals surface area contributed by atoms with Crippen LogP contribution in [0.5, 0.6) is 0 Å². The largest absolute Gasteiger partial charge is 0.355 e. The van der Waals surface area contributed by atoms with E-state index in [0.717, 1.165) is 68.2 Å². The number of aliphatic imine (C=N–C) groups is 1. The van der Waals surface area contributed by atoms with Gasteiger partial charge >= 0.3 is 0 Å². The maximum atomic E-state index is 12.8. The van der Waals surface area contributed by atoms with Crippen molar-refractivity contribution in [3.05, 3.63) is 102 Å². The first kappa shape index (κ1) is 25.6. The van der Waals surface area contributed by atoms with Gasteiger partial charge in [0.15, 0.2) is 0 Å². The molecule has 0 atom stereocenters. The number of carbonyl (C=O) groups excluding carboxylic acids is 1. The van der Waals surface area contributed by atoms with E-state index >= 15 is 0 Å². The van der Waals surface area contributed by atoms with Crippen LogP contribution in [0.3, 0.4) is 0 Å². The number of carbonyl (C=O) groups is 1. The smallest absolute Gasteiger partial charge is 0.253 e. The molecule has 0 saturated carbocycles. The van der Waals surface area contributed by atoms with Crippen molar-refractivity contribution in [3.63, 3.8) is 0 Å². The second-order valence-corrected chi connectivity index (χ2v) is 9.24. The van der Waals surface area contributed by atoms with Crippen LogP contribution in [0.1, 0.15) is 41.8 Å². The molecular weight excluding hydrogens is 444 g/mol. The zero-order valence-corrected chi connectivity index (χ0v) is 21.6. The number of rotatable bonds is 8. The van der Waals surface area contributed by atoms with E-state index in [1.165, 1.54) is 5.56 Å². The van der Waals surface area contributed by atoms with E-state index in [2.05, 4.69) is 52.3 Å². The first-order chi connectivity index (χ1) is 17.7. The van der Waals surface area contributed by atoms with Crippen molar-refractivity contribution in [2.75, 3.05) is 45.8 Å². The first-order valence-electron chi connectivity index (χ1n) is 13.2. The molecule has 0 aliphatic carbocycles. The molecule has 188 valence electrons. The first-order valence-corrected chi connectivity index (χ1v) is 13.2. The van der Waals surface area contributed by atoms with Crippen molar-refractivity contribution in [2.45, 2.75) is 26.7 Å². The van der Waals surface area contributed by atoms with Crippen LogP contribution in [0.2, 0.25) is 0 Å². The van der Waals surface area contributed by atoms with Gasteiger partial charge in [-0.1, -0.05) is 60.7 Å². The highest BCUT2D eigenvalue weighted by molar-refractivity contribution is 6.01. The molecule has 0 radical (unpaired) electrons. The van der Waals surface area contributed by atoms with Crippen LogP contribution in [-0.2, 0) is 6.42 Å². The van der Waals surface area contributed by atoms with Gasteiger partial charge in [-0.25, -0.2) is 4.99 Å².